The van der Waals surface area contributed by atoms with Crippen LogP contribution in [0, 0.1) is 0 Å². The topological polar surface area (TPSA) is 73.6 Å². The molecule has 0 radical (unpaired) electrons. The van der Waals surface area contributed by atoms with Crippen molar-refractivity contribution in [3.63, 3.8) is 0 Å². The van der Waals surface area contributed by atoms with Crippen LogP contribution in [0.3, 0.4) is 0 Å². The van der Waals surface area contributed by atoms with E-state index >= 15 is 0 Å². The molecule has 17 heavy (non-hydrogen) atoms. The molecule has 0 spiro atoms. The summed E-state index contributed by atoms with van der Waals surface area (Å²) in [6, 6.07) is 4.70. The Morgan fingerprint density at radius 3 is 2.65 bits per heavy atom. The van der Waals surface area contributed by atoms with Gasteiger partial charge in [-0.05, 0) is 19.1 Å². The second-order valence-corrected chi connectivity index (χ2v) is 4.54. The highest BCUT2D eigenvalue weighted by Crippen LogP contribution is 2.40. The minimum absolute atomic E-state index is 0.233. The van der Waals surface area contributed by atoms with Gasteiger partial charge in [0.2, 0.25) is 11.7 Å². The van der Waals surface area contributed by atoms with E-state index in [2.05, 4.69) is 5.32 Å². The van der Waals surface area contributed by atoms with Gasteiger partial charge in [0.25, 0.3) is 0 Å². The van der Waals surface area contributed by atoms with Gasteiger partial charge < -0.3 is 20.5 Å². The Morgan fingerprint density at radius 2 is 2.00 bits per heavy atom. The molecule has 0 fully saturated rings. The predicted molar refractivity (Wildman–Crippen MR) is 64.1 cm³/mol. The Kier molecular flexibility index (Phi) is 2.71. The van der Waals surface area contributed by atoms with E-state index in [-0.39, 0.29) is 5.91 Å². The lowest BCUT2D eigenvalue weighted by Crippen LogP contribution is -2.32. The molecule has 0 saturated carbocycles. The number of rotatable bonds is 2. The lowest BCUT2D eigenvalue weighted by molar-refractivity contribution is -0.117. The first-order valence-corrected chi connectivity index (χ1v) is 5.46. The molecule has 1 aromatic rings. The average Bonchev–Trinajstić information content (AvgIpc) is 2.50. The Balaban J connectivity index is 2.17. The molecule has 1 aromatic carbocycles. The summed E-state index contributed by atoms with van der Waals surface area (Å²) in [6.07, 6.45) is 0. The van der Waals surface area contributed by atoms with E-state index in [0.717, 1.165) is 0 Å². The van der Waals surface area contributed by atoms with E-state index in [4.69, 9.17) is 15.2 Å². The van der Waals surface area contributed by atoms with Crippen LogP contribution < -0.4 is 20.5 Å². The van der Waals surface area contributed by atoms with Crippen LogP contribution in [0.15, 0.2) is 18.2 Å². The Morgan fingerprint density at radius 1 is 1.35 bits per heavy atom. The van der Waals surface area contributed by atoms with Gasteiger partial charge in [-0.2, -0.15) is 0 Å². The predicted octanol–water partition coefficient (Wildman–Crippen LogP) is 1.48. The van der Waals surface area contributed by atoms with Gasteiger partial charge in [-0.25, -0.2) is 0 Å². The number of anilines is 1. The molecule has 3 N–H and O–H groups in total. The van der Waals surface area contributed by atoms with Gasteiger partial charge in [0.1, 0.15) is 0 Å². The number of ether oxygens (including phenoxy) is 2. The van der Waals surface area contributed by atoms with Crippen molar-refractivity contribution in [3.05, 3.63) is 18.2 Å². The zero-order chi connectivity index (χ0) is 12.6. The molecule has 1 aliphatic rings. The molecular weight excluding hydrogens is 220 g/mol. The second kappa shape index (κ2) is 3.92. The van der Waals surface area contributed by atoms with Crippen molar-refractivity contribution >= 4 is 11.6 Å². The lowest BCUT2D eigenvalue weighted by Gasteiger charge is -2.16. The fourth-order valence-corrected chi connectivity index (χ4v) is 1.56. The maximum absolute atomic E-state index is 11.4. The summed E-state index contributed by atoms with van der Waals surface area (Å²) >= 11 is 0. The van der Waals surface area contributed by atoms with Crippen LogP contribution in [0.4, 0.5) is 5.69 Å². The highest BCUT2D eigenvalue weighted by atomic mass is 16.7. The number of nitrogens with one attached hydrogen (secondary N) is 1. The van der Waals surface area contributed by atoms with Crippen molar-refractivity contribution in [1.29, 1.82) is 0 Å². The zero-order valence-corrected chi connectivity index (χ0v) is 10.1. The molecule has 1 amide bonds. The maximum Gasteiger partial charge on any atom is 0.246 e. The summed E-state index contributed by atoms with van der Waals surface area (Å²) in [6.45, 7) is 5.28. The van der Waals surface area contributed by atoms with Gasteiger partial charge in [0.15, 0.2) is 11.5 Å². The Bertz CT molecular complexity index is 455. The van der Waals surface area contributed by atoms with E-state index in [9.17, 15) is 4.79 Å². The summed E-state index contributed by atoms with van der Waals surface area (Å²) in [5.41, 5.74) is 6.12. The Hall–Kier alpha value is -1.75. The molecule has 0 aromatic heterocycles. The van der Waals surface area contributed by atoms with Crippen molar-refractivity contribution in [2.24, 2.45) is 5.73 Å². The molecular formula is C12H16N2O3. The average molecular weight is 236 g/mol. The number of hydrogen-bond acceptors (Lipinski definition) is 4. The van der Waals surface area contributed by atoms with Crippen molar-refractivity contribution in [2.75, 3.05) is 5.32 Å². The van der Waals surface area contributed by atoms with Crippen molar-refractivity contribution in [3.8, 4) is 11.5 Å². The van der Waals surface area contributed by atoms with Crippen molar-refractivity contribution in [1.82, 2.24) is 0 Å². The molecule has 0 aliphatic carbocycles. The number of benzene rings is 1. The fourth-order valence-electron chi connectivity index (χ4n) is 1.56. The number of amides is 1. The molecule has 5 nitrogen and oxygen atoms in total. The van der Waals surface area contributed by atoms with Gasteiger partial charge in [-0.3, -0.25) is 4.79 Å². The third-order valence-electron chi connectivity index (χ3n) is 2.34. The molecule has 1 atom stereocenters. The lowest BCUT2D eigenvalue weighted by atomic mass is 10.2. The SMILES string of the molecule is C[C@@H](N)C(=O)Nc1ccc2c(c1)OC(C)(C)O2. The molecule has 1 heterocycles. The van der Waals surface area contributed by atoms with Gasteiger partial charge >= 0.3 is 0 Å². The number of carbonyl (C=O) groups is 1. The first kappa shape index (κ1) is 11.7. The number of hydrogen-bond donors (Lipinski definition) is 2. The fraction of sp³-hybridized carbons (Fsp3) is 0.417. The number of nitrogens with two attached hydrogens (primary N) is 1. The summed E-state index contributed by atoms with van der Waals surface area (Å²) in [5, 5.41) is 2.70. The molecule has 0 saturated heterocycles. The highest BCUT2D eigenvalue weighted by molar-refractivity contribution is 5.94. The van der Waals surface area contributed by atoms with Gasteiger partial charge in [0, 0.05) is 25.6 Å². The van der Waals surface area contributed by atoms with Crippen LogP contribution in [0.25, 0.3) is 0 Å². The van der Waals surface area contributed by atoms with Crippen LogP contribution in [0.1, 0.15) is 20.8 Å². The Labute approximate surface area is 99.9 Å². The summed E-state index contributed by atoms with van der Waals surface area (Å²) < 4.78 is 11.1. The number of fused-ring (bicyclic) bond motifs is 1. The molecule has 1 aliphatic heterocycles. The normalized spacial score (nSPS) is 17.6. The second-order valence-electron chi connectivity index (χ2n) is 4.54. The van der Waals surface area contributed by atoms with Crippen molar-refractivity contribution in [2.45, 2.75) is 32.6 Å². The minimum atomic E-state index is -0.661. The highest BCUT2D eigenvalue weighted by Gasteiger charge is 2.31. The third kappa shape index (κ3) is 2.50. The molecule has 0 unspecified atom stereocenters. The molecule has 2 rings (SSSR count). The summed E-state index contributed by atoms with van der Waals surface area (Å²) in [7, 11) is 0. The van der Waals surface area contributed by atoms with Gasteiger partial charge in [-0.15, -0.1) is 0 Å². The quantitative estimate of drug-likeness (QED) is 0.815. The largest absolute Gasteiger partial charge is 0.449 e. The van der Waals surface area contributed by atoms with E-state index in [1.807, 2.05) is 13.8 Å². The molecule has 5 heteroatoms. The number of carbonyl (C=O) groups excluding carboxylic acids is 1. The first-order valence-electron chi connectivity index (χ1n) is 5.46. The van der Waals surface area contributed by atoms with Crippen LogP contribution in [0.2, 0.25) is 0 Å². The zero-order valence-electron chi connectivity index (χ0n) is 10.1. The van der Waals surface area contributed by atoms with E-state index in [1.54, 1.807) is 25.1 Å². The summed E-state index contributed by atoms with van der Waals surface area (Å²) in [5.74, 6) is 0.404. The van der Waals surface area contributed by atoms with Crippen LogP contribution in [-0.4, -0.2) is 17.7 Å². The van der Waals surface area contributed by atoms with Crippen LogP contribution in [-0.2, 0) is 4.79 Å². The maximum atomic E-state index is 11.4. The first-order chi connectivity index (χ1) is 7.87. The van der Waals surface area contributed by atoms with E-state index < -0.39 is 11.8 Å². The van der Waals surface area contributed by atoms with E-state index in [1.165, 1.54) is 0 Å². The summed E-state index contributed by atoms with van der Waals surface area (Å²) in [4.78, 5) is 11.4. The standard InChI is InChI=1S/C12H16N2O3/c1-7(13)11(15)14-8-4-5-9-10(6-8)17-12(2,3)16-9/h4-7H,13H2,1-3H3,(H,14,15)/t7-/m1/s1. The third-order valence-corrected chi connectivity index (χ3v) is 2.34. The van der Waals surface area contributed by atoms with Gasteiger partial charge in [0.05, 0.1) is 6.04 Å². The smallest absolute Gasteiger partial charge is 0.246 e. The van der Waals surface area contributed by atoms with Gasteiger partial charge in [-0.1, -0.05) is 0 Å². The monoisotopic (exact) mass is 236 g/mol. The molecule has 0 bridgehead atoms. The van der Waals surface area contributed by atoms with E-state index in [0.29, 0.717) is 17.2 Å². The van der Waals surface area contributed by atoms with Crippen LogP contribution in [0.5, 0.6) is 11.5 Å². The minimum Gasteiger partial charge on any atom is -0.449 e. The van der Waals surface area contributed by atoms with Crippen molar-refractivity contribution < 1.29 is 14.3 Å². The van der Waals surface area contributed by atoms with Crippen LogP contribution >= 0.6 is 0 Å². The molecule has 92 valence electrons.